The van der Waals surface area contributed by atoms with Gasteiger partial charge in [0.2, 0.25) is 5.91 Å². The Balaban J connectivity index is 1.44. The first-order valence-corrected chi connectivity index (χ1v) is 10.8. The normalized spacial score (nSPS) is 18.7. The highest BCUT2D eigenvalue weighted by Crippen LogP contribution is 2.24. The molecule has 2 fully saturated rings. The average molecular weight is 423 g/mol. The topological polar surface area (TPSA) is 78.5 Å². The molecule has 2 aromatic carbocycles. The van der Waals surface area contributed by atoms with Gasteiger partial charge in [-0.2, -0.15) is 0 Å². The highest BCUT2D eigenvalue weighted by Gasteiger charge is 2.35. The van der Waals surface area contributed by atoms with E-state index in [0.717, 1.165) is 38.2 Å². The molecule has 2 aromatic rings. The summed E-state index contributed by atoms with van der Waals surface area (Å²) in [6.45, 7) is 0.529. The molecule has 1 aliphatic heterocycles. The first-order chi connectivity index (χ1) is 15.0. The van der Waals surface area contributed by atoms with Crippen molar-refractivity contribution in [1.29, 1.82) is 0 Å². The summed E-state index contributed by atoms with van der Waals surface area (Å²) in [6, 6.07) is 11.8. The van der Waals surface area contributed by atoms with Crippen molar-refractivity contribution >= 4 is 23.4 Å². The number of halogens is 1. The zero-order valence-corrected chi connectivity index (χ0v) is 17.3. The van der Waals surface area contributed by atoms with Crippen molar-refractivity contribution < 1.29 is 18.8 Å². The van der Waals surface area contributed by atoms with Crippen LogP contribution in [0.15, 0.2) is 48.5 Å². The maximum Gasteiger partial charge on any atom is 0.255 e. The third-order valence-electron chi connectivity index (χ3n) is 5.97. The Morgan fingerprint density at radius 2 is 1.65 bits per heavy atom. The van der Waals surface area contributed by atoms with Gasteiger partial charge in [-0.15, -0.1) is 0 Å². The molecule has 31 heavy (non-hydrogen) atoms. The molecule has 4 rings (SSSR count). The van der Waals surface area contributed by atoms with Gasteiger partial charge in [0.05, 0.1) is 0 Å². The number of amides is 3. The van der Waals surface area contributed by atoms with Crippen LogP contribution in [0.1, 0.15) is 59.2 Å². The van der Waals surface area contributed by atoms with Crippen LogP contribution in [0.3, 0.4) is 0 Å². The minimum Gasteiger partial charge on any atom is -0.352 e. The number of hydrogen-bond acceptors (Lipinski definition) is 3. The van der Waals surface area contributed by atoms with E-state index in [9.17, 15) is 18.8 Å². The Morgan fingerprint density at radius 3 is 2.42 bits per heavy atom. The maximum atomic E-state index is 13.4. The Bertz CT molecular complexity index is 988. The molecule has 1 saturated heterocycles. The molecule has 1 atom stereocenters. The molecule has 0 bridgehead atoms. The fraction of sp³-hybridized carbons (Fsp3) is 0.375. The first-order valence-electron chi connectivity index (χ1n) is 10.8. The minimum absolute atomic E-state index is 0.0756. The molecule has 0 unspecified atom stereocenters. The van der Waals surface area contributed by atoms with Crippen molar-refractivity contribution in [1.82, 2.24) is 10.2 Å². The SMILES string of the molecule is O=C(Nc1cccc(C(=O)N2CCC[C@H]2C(=O)NC2CCCC2)c1)c1cccc(F)c1. The van der Waals surface area contributed by atoms with Crippen LogP contribution < -0.4 is 10.6 Å². The van der Waals surface area contributed by atoms with Gasteiger partial charge in [0, 0.05) is 29.4 Å². The summed E-state index contributed by atoms with van der Waals surface area (Å²) in [5.41, 5.74) is 1.03. The molecule has 1 aliphatic carbocycles. The van der Waals surface area contributed by atoms with Gasteiger partial charge < -0.3 is 15.5 Å². The van der Waals surface area contributed by atoms with E-state index in [0.29, 0.717) is 24.2 Å². The van der Waals surface area contributed by atoms with Crippen molar-refractivity contribution in [3.8, 4) is 0 Å². The second-order valence-electron chi connectivity index (χ2n) is 8.19. The minimum atomic E-state index is -0.493. The number of nitrogens with one attached hydrogen (secondary N) is 2. The number of nitrogens with zero attached hydrogens (tertiary/aromatic N) is 1. The van der Waals surface area contributed by atoms with Crippen LogP contribution in [0.5, 0.6) is 0 Å². The molecule has 1 saturated carbocycles. The number of anilines is 1. The van der Waals surface area contributed by atoms with E-state index in [1.54, 1.807) is 29.2 Å². The number of hydrogen-bond donors (Lipinski definition) is 2. The molecule has 6 nitrogen and oxygen atoms in total. The second kappa shape index (κ2) is 9.29. The van der Waals surface area contributed by atoms with E-state index >= 15 is 0 Å². The summed E-state index contributed by atoms with van der Waals surface area (Å²) >= 11 is 0. The number of carbonyl (C=O) groups is 3. The average Bonchev–Trinajstić information content (AvgIpc) is 3.45. The first kappa shape index (κ1) is 21.0. The molecular weight excluding hydrogens is 397 g/mol. The molecule has 2 N–H and O–H groups in total. The van der Waals surface area contributed by atoms with E-state index in [2.05, 4.69) is 10.6 Å². The number of carbonyl (C=O) groups excluding carboxylic acids is 3. The molecule has 0 radical (unpaired) electrons. The Labute approximate surface area is 180 Å². The molecule has 0 aromatic heterocycles. The lowest BCUT2D eigenvalue weighted by molar-refractivity contribution is -0.125. The van der Waals surface area contributed by atoms with E-state index in [-0.39, 0.29) is 23.4 Å². The third kappa shape index (κ3) is 4.93. The molecule has 1 heterocycles. The van der Waals surface area contributed by atoms with Crippen molar-refractivity contribution in [2.24, 2.45) is 0 Å². The zero-order chi connectivity index (χ0) is 21.8. The summed E-state index contributed by atoms with van der Waals surface area (Å²) in [4.78, 5) is 39.9. The Kier molecular flexibility index (Phi) is 6.30. The van der Waals surface area contributed by atoms with Crippen LogP contribution in [0.2, 0.25) is 0 Å². The van der Waals surface area contributed by atoms with Crippen molar-refractivity contribution in [2.45, 2.75) is 50.6 Å². The highest BCUT2D eigenvalue weighted by atomic mass is 19.1. The number of benzene rings is 2. The Hall–Kier alpha value is -3.22. The van der Waals surface area contributed by atoms with Crippen molar-refractivity contribution in [3.63, 3.8) is 0 Å². The van der Waals surface area contributed by atoms with Gasteiger partial charge in [-0.3, -0.25) is 14.4 Å². The standard InChI is InChI=1S/C24H26FN3O3/c25-18-8-3-6-16(14-18)22(29)27-20-11-4-7-17(15-20)24(31)28-13-5-12-21(28)23(30)26-19-9-1-2-10-19/h3-4,6-8,11,14-15,19,21H,1-2,5,9-10,12-13H2,(H,26,30)(H,27,29)/t21-/m0/s1. The molecule has 3 amide bonds. The Morgan fingerprint density at radius 1 is 0.903 bits per heavy atom. The van der Waals surface area contributed by atoms with E-state index in [1.165, 1.54) is 18.2 Å². The number of rotatable bonds is 5. The second-order valence-corrected chi connectivity index (χ2v) is 8.19. The highest BCUT2D eigenvalue weighted by molar-refractivity contribution is 6.05. The van der Waals surface area contributed by atoms with E-state index in [1.807, 2.05) is 0 Å². The van der Waals surface area contributed by atoms with E-state index < -0.39 is 17.8 Å². The van der Waals surface area contributed by atoms with Gasteiger partial charge >= 0.3 is 0 Å². The van der Waals surface area contributed by atoms with Crippen molar-refractivity contribution in [3.05, 3.63) is 65.5 Å². The van der Waals surface area contributed by atoms with Gasteiger partial charge in [0.1, 0.15) is 11.9 Å². The van der Waals surface area contributed by atoms with Crippen LogP contribution in [-0.2, 0) is 4.79 Å². The van der Waals surface area contributed by atoms with Gasteiger partial charge in [-0.05, 0) is 62.1 Å². The number of likely N-dealkylation sites (tertiary alicyclic amines) is 1. The predicted octanol–water partition coefficient (Wildman–Crippen LogP) is 3.74. The fourth-order valence-corrected chi connectivity index (χ4v) is 4.38. The van der Waals surface area contributed by atoms with Crippen LogP contribution in [0.25, 0.3) is 0 Å². The summed E-state index contributed by atoms with van der Waals surface area (Å²) in [6.07, 6.45) is 5.70. The van der Waals surface area contributed by atoms with Crippen LogP contribution in [0.4, 0.5) is 10.1 Å². The summed E-state index contributed by atoms with van der Waals surface area (Å²) in [7, 11) is 0. The van der Waals surface area contributed by atoms with E-state index in [4.69, 9.17) is 0 Å². The third-order valence-corrected chi connectivity index (χ3v) is 5.97. The maximum absolute atomic E-state index is 13.4. The van der Waals surface area contributed by atoms with Gasteiger partial charge in [0.25, 0.3) is 11.8 Å². The van der Waals surface area contributed by atoms with Crippen LogP contribution >= 0.6 is 0 Å². The lowest BCUT2D eigenvalue weighted by Crippen LogP contribution is -2.48. The van der Waals surface area contributed by atoms with Crippen LogP contribution in [-0.4, -0.2) is 41.2 Å². The molecule has 0 spiro atoms. The molecular formula is C24H26FN3O3. The molecule has 7 heteroatoms. The van der Waals surface area contributed by atoms with Gasteiger partial charge in [-0.1, -0.05) is 25.0 Å². The predicted molar refractivity (Wildman–Crippen MR) is 115 cm³/mol. The molecule has 162 valence electrons. The quantitative estimate of drug-likeness (QED) is 0.769. The summed E-state index contributed by atoms with van der Waals surface area (Å²) in [5.74, 6) is -1.26. The lowest BCUT2D eigenvalue weighted by Gasteiger charge is -2.25. The molecule has 2 aliphatic rings. The largest absolute Gasteiger partial charge is 0.352 e. The summed E-state index contributed by atoms with van der Waals surface area (Å²) < 4.78 is 13.4. The van der Waals surface area contributed by atoms with Gasteiger partial charge in [0.15, 0.2) is 0 Å². The fourth-order valence-electron chi connectivity index (χ4n) is 4.38. The van der Waals surface area contributed by atoms with Gasteiger partial charge in [-0.25, -0.2) is 4.39 Å². The smallest absolute Gasteiger partial charge is 0.255 e. The van der Waals surface area contributed by atoms with Crippen LogP contribution in [0, 0.1) is 5.82 Å². The zero-order valence-electron chi connectivity index (χ0n) is 17.3. The van der Waals surface area contributed by atoms with Crippen molar-refractivity contribution in [2.75, 3.05) is 11.9 Å². The monoisotopic (exact) mass is 423 g/mol. The summed E-state index contributed by atoms with van der Waals surface area (Å²) in [5, 5.41) is 5.79. The lowest BCUT2D eigenvalue weighted by atomic mass is 10.1.